The number of ether oxygens (including phenoxy) is 1. The number of carbonyl (C=O) groups is 2. The predicted molar refractivity (Wildman–Crippen MR) is 138 cm³/mol. The monoisotopic (exact) mass is 491 g/mol. The fourth-order valence-corrected chi connectivity index (χ4v) is 5.06. The maximum absolute atomic E-state index is 13.6. The van der Waals surface area contributed by atoms with Crippen molar-refractivity contribution in [1.29, 1.82) is 0 Å². The van der Waals surface area contributed by atoms with Gasteiger partial charge in [-0.25, -0.2) is 9.59 Å². The van der Waals surface area contributed by atoms with Crippen molar-refractivity contribution in [2.75, 3.05) is 5.32 Å². The Kier molecular flexibility index (Phi) is 5.05. The molecule has 0 spiro atoms. The number of benzene rings is 3. The Bertz CT molecular complexity index is 1760. The molecule has 1 aliphatic heterocycles. The van der Waals surface area contributed by atoms with Crippen molar-refractivity contribution in [3.63, 3.8) is 0 Å². The zero-order chi connectivity index (χ0) is 25.8. The van der Waals surface area contributed by atoms with Crippen LogP contribution in [0.5, 0.6) is 5.75 Å². The zero-order valence-electron chi connectivity index (χ0n) is 20.0. The van der Waals surface area contributed by atoms with Crippen molar-refractivity contribution in [2.24, 2.45) is 14.1 Å². The molecule has 1 aromatic heterocycles. The first-order valence-electron chi connectivity index (χ1n) is 11.7. The van der Waals surface area contributed by atoms with Gasteiger partial charge in [0.15, 0.2) is 5.78 Å². The lowest BCUT2D eigenvalue weighted by atomic mass is 9.81. The van der Waals surface area contributed by atoms with E-state index in [0.717, 1.165) is 10.1 Å². The summed E-state index contributed by atoms with van der Waals surface area (Å²) in [7, 11) is 3.01. The van der Waals surface area contributed by atoms with E-state index in [1.54, 1.807) is 67.7 Å². The van der Waals surface area contributed by atoms with E-state index in [0.29, 0.717) is 45.1 Å². The molecule has 182 valence electrons. The number of carbonyl (C=O) groups excluding carboxylic acids is 2. The molecule has 4 aromatic rings. The molecule has 8 heteroatoms. The first kappa shape index (κ1) is 22.5. The van der Waals surface area contributed by atoms with Crippen molar-refractivity contribution >= 4 is 23.3 Å². The molecular weight excluding hydrogens is 470 g/mol. The van der Waals surface area contributed by atoms with E-state index in [1.165, 1.54) is 11.6 Å². The standard InChI is InChI=1S/C29H21N3O5/c1-31-26-23(27(34)32(2)29(31)36)21(22-24(30-26)19-10-6-7-11-20(19)25(22)33)16-12-14-18(15-13-16)37-28(35)17-8-4-3-5-9-17/h3-15,21,30H,1-2H3. The van der Waals surface area contributed by atoms with Crippen molar-refractivity contribution in [3.05, 3.63) is 133 Å². The van der Waals surface area contributed by atoms with E-state index < -0.39 is 23.1 Å². The summed E-state index contributed by atoms with van der Waals surface area (Å²) in [6.45, 7) is 0. The van der Waals surface area contributed by atoms with Crippen molar-refractivity contribution in [3.8, 4) is 5.75 Å². The van der Waals surface area contributed by atoms with Gasteiger partial charge in [-0.3, -0.25) is 18.7 Å². The Morgan fingerprint density at radius 3 is 2.16 bits per heavy atom. The number of aromatic nitrogens is 2. The fourth-order valence-electron chi connectivity index (χ4n) is 5.06. The summed E-state index contributed by atoms with van der Waals surface area (Å²) in [6.07, 6.45) is 0. The molecule has 1 unspecified atom stereocenters. The minimum atomic E-state index is -0.726. The summed E-state index contributed by atoms with van der Waals surface area (Å²) in [5, 5.41) is 3.22. The second-order valence-corrected chi connectivity index (χ2v) is 9.01. The summed E-state index contributed by atoms with van der Waals surface area (Å²) in [4.78, 5) is 52.2. The first-order chi connectivity index (χ1) is 17.9. The Morgan fingerprint density at radius 2 is 1.46 bits per heavy atom. The molecule has 0 saturated heterocycles. The van der Waals surface area contributed by atoms with E-state index in [9.17, 15) is 19.2 Å². The molecule has 2 heterocycles. The van der Waals surface area contributed by atoms with Crippen LogP contribution in [0.25, 0.3) is 5.70 Å². The average Bonchev–Trinajstić information content (AvgIpc) is 3.22. The largest absolute Gasteiger partial charge is 0.423 e. The summed E-state index contributed by atoms with van der Waals surface area (Å²) >= 11 is 0. The van der Waals surface area contributed by atoms with Crippen LogP contribution in [0.15, 0.2) is 94.0 Å². The highest BCUT2D eigenvalue weighted by molar-refractivity contribution is 6.23. The Hall–Kier alpha value is -4.98. The molecule has 6 rings (SSSR count). The minimum absolute atomic E-state index is 0.177. The predicted octanol–water partition coefficient (Wildman–Crippen LogP) is 3.47. The number of Topliss-reactive ketones (excluding diaryl/α,β-unsaturated/α-hetero) is 1. The number of fused-ring (bicyclic) bond motifs is 3. The molecule has 2 aliphatic rings. The molecule has 1 atom stereocenters. The Labute approximate surface area is 211 Å². The highest BCUT2D eigenvalue weighted by Crippen LogP contribution is 2.47. The van der Waals surface area contributed by atoms with Gasteiger partial charge in [-0.15, -0.1) is 0 Å². The molecule has 1 N–H and O–H groups in total. The first-order valence-corrected chi connectivity index (χ1v) is 11.7. The summed E-state index contributed by atoms with van der Waals surface area (Å²) in [5.74, 6) is -0.716. The van der Waals surface area contributed by atoms with Crippen LogP contribution in [-0.4, -0.2) is 20.9 Å². The number of esters is 1. The molecule has 37 heavy (non-hydrogen) atoms. The third-order valence-corrected chi connectivity index (χ3v) is 6.91. The average molecular weight is 492 g/mol. The number of hydrogen-bond acceptors (Lipinski definition) is 6. The quantitative estimate of drug-likeness (QED) is 0.348. The molecule has 0 amide bonds. The van der Waals surface area contributed by atoms with Gasteiger partial charge in [0.2, 0.25) is 0 Å². The normalized spacial score (nSPS) is 15.5. The van der Waals surface area contributed by atoms with Crippen LogP contribution in [0.1, 0.15) is 43.3 Å². The number of nitrogens with one attached hydrogen (secondary N) is 1. The second-order valence-electron chi connectivity index (χ2n) is 9.01. The number of ketones is 1. The smallest absolute Gasteiger partial charge is 0.343 e. The lowest BCUT2D eigenvalue weighted by Gasteiger charge is -2.29. The second kappa shape index (κ2) is 8.30. The van der Waals surface area contributed by atoms with E-state index in [1.807, 2.05) is 18.2 Å². The van der Waals surface area contributed by atoms with Crippen LogP contribution < -0.4 is 21.3 Å². The number of rotatable bonds is 3. The number of allylic oxidation sites excluding steroid dienone is 1. The number of hydrogen-bond donors (Lipinski definition) is 1. The fraction of sp³-hybridized carbons (Fsp3) is 0.103. The summed E-state index contributed by atoms with van der Waals surface area (Å²) in [6, 6.07) is 22.6. The molecule has 0 fully saturated rings. The molecule has 3 aromatic carbocycles. The number of nitrogens with zero attached hydrogens (tertiary/aromatic N) is 2. The van der Waals surface area contributed by atoms with Gasteiger partial charge in [-0.1, -0.05) is 54.6 Å². The molecule has 8 nitrogen and oxygen atoms in total. The summed E-state index contributed by atoms with van der Waals surface area (Å²) < 4.78 is 7.93. The maximum Gasteiger partial charge on any atom is 0.343 e. The highest BCUT2D eigenvalue weighted by Gasteiger charge is 2.42. The van der Waals surface area contributed by atoms with Crippen LogP contribution in [0, 0.1) is 0 Å². The van der Waals surface area contributed by atoms with Gasteiger partial charge in [0.05, 0.1) is 16.8 Å². The summed E-state index contributed by atoms with van der Waals surface area (Å²) in [5.41, 5.74) is 2.72. The van der Waals surface area contributed by atoms with Crippen LogP contribution >= 0.6 is 0 Å². The molecule has 0 saturated carbocycles. The van der Waals surface area contributed by atoms with E-state index in [4.69, 9.17) is 4.74 Å². The van der Waals surface area contributed by atoms with Gasteiger partial charge in [-0.05, 0) is 29.8 Å². The van der Waals surface area contributed by atoms with Crippen LogP contribution in [0.4, 0.5) is 5.82 Å². The molecule has 0 radical (unpaired) electrons. The van der Waals surface area contributed by atoms with Crippen LogP contribution in [-0.2, 0) is 14.1 Å². The van der Waals surface area contributed by atoms with Gasteiger partial charge in [0.25, 0.3) is 5.56 Å². The van der Waals surface area contributed by atoms with Gasteiger partial charge in [0.1, 0.15) is 11.6 Å². The van der Waals surface area contributed by atoms with E-state index >= 15 is 0 Å². The highest BCUT2D eigenvalue weighted by atomic mass is 16.5. The lowest BCUT2D eigenvalue weighted by molar-refractivity contribution is 0.0734. The SMILES string of the molecule is Cn1c2c(c(=O)n(C)c1=O)C(c1ccc(OC(=O)c3ccccc3)cc1)C1=C(N2)c2ccccc2C1=O. The molecule has 0 bridgehead atoms. The Balaban J connectivity index is 1.48. The van der Waals surface area contributed by atoms with Gasteiger partial charge in [0, 0.05) is 36.7 Å². The zero-order valence-corrected chi connectivity index (χ0v) is 20.0. The molecular formula is C29H21N3O5. The van der Waals surface area contributed by atoms with E-state index in [2.05, 4.69) is 5.32 Å². The lowest BCUT2D eigenvalue weighted by Crippen LogP contribution is -2.42. The van der Waals surface area contributed by atoms with Crippen molar-refractivity contribution < 1.29 is 14.3 Å². The van der Waals surface area contributed by atoms with Crippen LogP contribution in [0.3, 0.4) is 0 Å². The van der Waals surface area contributed by atoms with Gasteiger partial charge >= 0.3 is 11.7 Å². The topological polar surface area (TPSA) is 99.4 Å². The minimum Gasteiger partial charge on any atom is -0.423 e. The van der Waals surface area contributed by atoms with Crippen molar-refractivity contribution in [2.45, 2.75) is 5.92 Å². The van der Waals surface area contributed by atoms with Crippen molar-refractivity contribution in [1.82, 2.24) is 9.13 Å². The maximum atomic E-state index is 13.6. The third kappa shape index (κ3) is 3.37. The van der Waals surface area contributed by atoms with Gasteiger partial charge < -0.3 is 10.1 Å². The Morgan fingerprint density at radius 1 is 0.811 bits per heavy atom. The molecule has 1 aliphatic carbocycles. The number of anilines is 1. The van der Waals surface area contributed by atoms with Crippen LogP contribution in [0.2, 0.25) is 0 Å². The van der Waals surface area contributed by atoms with Gasteiger partial charge in [-0.2, -0.15) is 0 Å². The van der Waals surface area contributed by atoms with E-state index in [-0.39, 0.29) is 5.78 Å². The third-order valence-electron chi connectivity index (χ3n) is 6.91.